The first kappa shape index (κ1) is 16.0. The Morgan fingerprint density at radius 2 is 2.00 bits per heavy atom. The van der Waals surface area contributed by atoms with Gasteiger partial charge in [-0.1, -0.05) is 39.8 Å². The summed E-state index contributed by atoms with van der Waals surface area (Å²) in [5.41, 5.74) is 1.78. The maximum atomic E-state index is 3.65. The first-order valence-corrected chi connectivity index (χ1v) is 8.84. The molecule has 1 heterocycles. The summed E-state index contributed by atoms with van der Waals surface area (Å²) in [6.07, 6.45) is 1.17. The number of benzene rings is 1. The molecule has 0 fully saturated rings. The minimum Gasteiger partial charge on any atom is -0.313 e. The van der Waals surface area contributed by atoms with Crippen molar-refractivity contribution in [3.05, 3.63) is 33.6 Å². The summed E-state index contributed by atoms with van der Waals surface area (Å²) in [7, 11) is 2.07. The van der Waals surface area contributed by atoms with Crippen LogP contribution in [0.2, 0.25) is 0 Å². The molecule has 0 aliphatic rings. The van der Waals surface area contributed by atoms with Crippen molar-refractivity contribution in [1.29, 1.82) is 0 Å². The Morgan fingerprint density at radius 3 is 2.60 bits per heavy atom. The van der Waals surface area contributed by atoms with Crippen molar-refractivity contribution >= 4 is 37.4 Å². The third-order valence-electron chi connectivity index (χ3n) is 4.37. The van der Waals surface area contributed by atoms with E-state index in [1.165, 1.54) is 26.5 Å². The summed E-state index contributed by atoms with van der Waals surface area (Å²) in [5, 5.41) is 7.20. The van der Waals surface area contributed by atoms with Crippen LogP contribution in [-0.4, -0.2) is 7.05 Å². The van der Waals surface area contributed by atoms with Crippen LogP contribution in [0.25, 0.3) is 10.1 Å². The van der Waals surface area contributed by atoms with E-state index in [1.807, 2.05) is 11.3 Å². The van der Waals surface area contributed by atoms with E-state index >= 15 is 0 Å². The average Bonchev–Trinajstić information content (AvgIpc) is 2.79. The highest BCUT2D eigenvalue weighted by Gasteiger charge is 2.25. The summed E-state index contributed by atoms with van der Waals surface area (Å²) in [6.45, 7) is 9.33. The van der Waals surface area contributed by atoms with Crippen LogP contribution in [0.3, 0.4) is 0 Å². The molecule has 2 unspecified atom stereocenters. The first-order chi connectivity index (χ1) is 9.34. The second-order valence-electron chi connectivity index (χ2n) is 6.65. The lowest BCUT2D eigenvalue weighted by molar-refractivity contribution is 0.226. The summed E-state index contributed by atoms with van der Waals surface area (Å²) in [4.78, 5) is 0. The van der Waals surface area contributed by atoms with Gasteiger partial charge in [0.2, 0.25) is 0 Å². The predicted octanol–water partition coefficient (Wildman–Crippen LogP) is 6.00. The van der Waals surface area contributed by atoms with E-state index < -0.39 is 0 Å². The second kappa shape index (κ2) is 6.17. The molecule has 110 valence electrons. The zero-order valence-electron chi connectivity index (χ0n) is 13.0. The van der Waals surface area contributed by atoms with Crippen LogP contribution < -0.4 is 5.32 Å². The Balaban J connectivity index is 2.33. The van der Waals surface area contributed by atoms with E-state index in [2.05, 4.69) is 79.6 Å². The van der Waals surface area contributed by atoms with Crippen molar-refractivity contribution in [3.8, 4) is 0 Å². The van der Waals surface area contributed by atoms with Gasteiger partial charge in [0.25, 0.3) is 0 Å². The van der Waals surface area contributed by atoms with Crippen LogP contribution in [0.15, 0.2) is 28.1 Å². The average molecular weight is 354 g/mol. The molecular weight excluding hydrogens is 330 g/mol. The van der Waals surface area contributed by atoms with Gasteiger partial charge in [-0.3, -0.25) is 0 Å². The number of halogens is 1. The smallest absolute Gasteiger partial charge is 0.0488 e. The Labute approximate surface area is 134 Å². The summed E-state index contributed by atoms with van der Waals surface area (Å²) < 4.78 is 2.55. The number of rotatable bonds is 4. The van der Waals surface area contributed by atoms with Gasteiger partial charge in [0.1, 0.15) is 0 Å². The molecule has 1 aromatic heterocycles. The molecule has 0 saturated carbocycles. The molecule has 1 N–H and O–H groups in total. The Kier molecular flexibility index (Phi) is 4.93. The molecule has 0 spiro atoms. The highest BCUT2D eigenvalue weighted by molar-refractivity contribution is 9.10. The van der Waals surface area contributed by atoms with E-state index in [0.29, 0.717) is 17.4 Å². The fourth-order valence-electron chi connectivity index (χ4n) is 2.42. The van der Waals surface area contributed by atoms with E-state index in [0.717, 1.165) is 0 Å². The minimum atomic E-state index is 0.349. The fraction of sp³-hybridized carbons (Fsp3) is 0.529. The molecule has 1 aromatic carbocycles. The van der Waals surface area contributed by atoms with Crippen LogP contribution in [0.5, 0.6) is 0 Å². The molecule has 0 aliphatic carbocycles. The quantitative estimate of drug-likeness (QED) is 0.710. The zero-order chi connectivity index (χ0) is 14.9. The predicted molar refractivity (Wildman–Crippen MR) is 94.6 cm³/mol. The van der Waals surface area contributed by atoms with Gasteiger partial charge in [-0.05, 0) is 63.1 Å². The van der Waals surface area contributed by atoms with Gasteiger partial charge >= 0.3 is 0 Å². The van der Waals surface area contributed by atoms with Gasteiger partial charge in [0.05, 0.1) is 0 Å². The summed E-state index contributed by atoms with van der Waals surface area (Å²) in [6, 6.07) is 6.90. The number of thiophene rings is 1. The molecule has 3 heteroatoms. The van der Waals surface area contributed by atoms with Gasteiger partial charge in [0.15, 0.2) is 0 Å². The lowest BCUT2D eigenvalue weighted by Gasteiger charge is -2.30. The lowest BCUT2D eigenvalue weighted by atomic mass is 9.77. The Hall–Kier alpha value is -0.380. The maximum Gasteiger partial charge on any atom is 0.0488 e. The third-order valence-corrected chi connectivity index (χ3v) is 6.34. The lowest BCUT2D eigenvalue weighted by Crippen LogP contribution is -2.25. The molecule has 20 heavy (non-hydrogen) atoms. The Bertz CT molecular complexity index is 582. The molecule has 1 nitrogen and oxygen atoms in total. The molecule has 0 amide bonds. The molecule has 0 bridgehead atoms. The van der Waals surface area contributed by atoms with Crippen LogP contribution >= 0.6 is 27.3 Å². The molecule has 0 radical (unpaired) electrons. The van der Waals surface area contributed by atoms with Crippen molar-refractivity contribution in [3.63, 3.8) is 0 Å². The van der Waals surface area contributed by atoms with Gasteiger partial charge in [0, 0.05) is 15.2 Å². The van der Waals surface area contributed by atoms with Gasteiger partial charge in [-0.25, -0.2) is 0 Å². The third kappa shape index (κ3) is 3.26. The normalized spacial score (nSPS) is 15.5. The van der Waals surface area contributed by atoms with Gasteiger partial charge in [-0.2, -0.15) is 0 Å². The van der Waals surface area contributed by atoms with Crippen molar-refractivity contribution in [2.24, 2.45) is 11.3 Å². The number of hydrogen-bond donors (Lipinski definition) is 1. The number of hydrogen-bond acceptors (Lipinski definition) is 2. The van der Waals surface area contributed by atoms with Crippen LogP contribution in [-0.2, 0) is 0 Å². The zero-order valence-corrected chi connectivity index (χ0v) is 15.4. The number of fused-ring (bicyclic) bond motifs is 1. The van der Waals surface area contributed by atoms with Gasteiger partial charge < -0.3 is 5.32 Å². The molecule has 0 saturated heterocycles. The summed E-state index contributed by atoms with van der Waals surface area (Å²) >= 11 is 5.49. The molecule has 2 rings (SSSR count). The molecule has 0 aliphatic heterocycles. The molecule has 2 aromatic rings. The number of nitrogens with one attached hydrogen (secondary N) is 1. The highest BCUT2D eigenvalue weighted by Crippen LogP contribution is 2.39. The largest absolute Gasteiger partial charge is 0.313 e. The van der Waals surface area contributed by atoms with Crippen molar-refractivity contribution in [2.45, 2.75) is 40.2 Å². The van der Waals surface area contributed by atoms with Crippen LogP contribution in [0.1, 0.15) is 45.7 Å². The van der Waals surface area contributed by atoms with E-state index in [9.17, 15) is 0 Å². The SMILES string of the molecule is CNC(CC(C)C(C)(C)C)c1csc2c(Br)cccc12. The maximum absolute atomic E-state index is 3.65. The van der Waals surface area contributed by atoms with Crippen molar-refractivity contribution < 1.29 is 0 Å². The van der Waals surface area contributed by atoms with E-state index in [-0.39, 0.29) is 0 Å². The highest BCUT2D eigenvalue weighted by atomic mass is 79.9. The molecule has 2 atom stereocenters. The molecular formula is C17H24BrNS. The van der Waals surface area contributed by atoms with Crippen molar-refractivity contribution in [2.75, 3.05) is 7.05 Å². The topological polar surface area (TPSA) is 12.0 Å². The summed E-state index contributed by atoms with van der Waals surface area (Å²) in [5.74, 6) is 0.669. The van der Waals surface area contributed by atoms with Gasteiger partial charge in [-0.15, -0.1) is 11.3 Å². The van der Waals surface area contributed by atoms with E-state index in [4.69, 9.17) is 0 Å². The van der Waals surface area contributed by atoms with E-state index in [1.54, 1.807) is 0 Å². The monoisotopic (exact) mass is 353 g/mol. The first-order valence-electron chi connectivity index (χ1n) is 7.17. The van der Waals surface area contributed by atoms with Crippen molar-refractivity contribution in [1.82, 2.24) is 5.32 Å². The Morgan fingerprint density at radius 1 is 1.30 bits per heavy atom. The fourth-order valence-corrected chi connectivity index (χ4v) is 4.10. The standard InChI is InChI=1S/C17H24BrNS/c1-11(17(2,3)4)9-15(19-5)13-10-20-16-12(13)7-6-8-14(16)18/h6-8,10-11,15,19H,9H2,1-5H3. The minimum absolute atomic E-state index is 0.349. The van der Waals surface area contributed by atoms with Crippen LogP contribution in [0, 0.1) is 11.3 Å². The van der Waals surface area contributed by atoms with Crippen LogP contribution in [0.4, 0.5) is 0 Å². The second-order valence-corrected chi connectivity index (χ2v) is 8.39.